The highest BCUT2D eigenvalue weighted by atomic mass is 32.2. The Hall–Kier alpha value is -1.86. The van der Waals surface area contributed by atoms with Gasteiger partial charge in [-0.3, -0.25) is 9.52 Å². The standard InChI is InChI=1S/C14H14N2O3S2/c17-14(10-3-4-10)15-11-5-7-12(8-6-11)16-21(18,19)13-2-1-9-20-13/h1-2,5-10,16H,3-4H2,(H,15,17). The van der Waals surface area contributed by atoms with Gasteiger partial charge in [-0.05, 0) is 48.6 Å². The monoisotopic (exact) mass is 322 g/mol. The van der Waals surface area contributed by atoms with Crippen molar-refractivity contribution in [3.63, 3.8) is 0 Å². The van der Waals surface area contributed by atoms with E-state index in [0.717, 1.165) is 24.2 Å². The summed E-state index contributed by atoms with van der Waals surface area (Å²) in [6.45, 7) is 0. The van der Waals surface area contributed by atoms with Crippen LogP contribution in [0.3, 0.4) is 0 Å². The van der Waals surface area contributed by atoms with Crippen molar-refractivity contribution in [3.8, 4) is 0 Å². The predicted molar refractivity (Wildman–Crippen MR) is 82.9 cm³/mol. The number of carbonyl (C=O) groups excluding carboxylic acids is 1. The van der Waals surface area contributed by atoms with E-state index in [-0.39, 0.29) is 16.0 Å². The molecule has 0 aliphatic heterocycles. The third-order valence-corrected chi connectivity index (χ3v) is 5.89. The maximum absolute atomic E-state index is 12.1. The molecule has 1 amide bonds. The van der Waals surface area contributed by atoms with Crippen LogP contribution >= 0.6 is 11.3 Å². The van der Waals surface area contributed by atoms with E-state index in [1.54, 1.807) is 41.8 Å². The smallest absolute Gasteiger partial charge is 0.271 e. The molecule has 1 aromatic carbocycles. The topological polar surface area (TPSA) is 75.3 Å². The lowest BCUT2D eigenvalue weighted by molar-refractivity contribution is -0.117. The van der Waals surface area contributed by atoms with E-state index < -0.39 is 10.0 Å². The first-order chi connectivity index (χ1) is 10.0. The minimum atomic E-state index is -3.53. The van der Waals surface area contributed by atoms with E-state index in [9.17, 15) is 13.2 Å². The van der Waals surface area contributed by atoms with E-state index in [2.05, 4.69) is 10.0 Å². The van der Waals surface area contributed by atoms with Crippen molar-refractivity contribution in [2.45, 2.75) is 17.1 Å². The first kappa shape index (κ1) is 14.1. The number of nitrogens with one attached hydrogen (secondary N) is 2. The molecule has 0 bridgehead atoms. The molecular weight excluding hydrogens is 308 g/mol. The summed E-state index contributed by atoms with van der Waals surface area (Å²) in [4.78, 5) is 11.6. The average molecular weight is 322 g/mol. The number of anilines is 2. The first-order valence-electron chi connectivity index (χ1n) is 6.52. The summed E-state index contributed by atoms with van der Waals surface area (Å²) >= 11 is 1.16. The number of hydrogen-bond donors (Lipinski definition) is 2. The molecular formula is C14H14N2O3S2. The lowest BCUT2D eigenvalue weighted by Crippen LogP contribution is -2.14. The summed E-state index contributed by atoms with van der Waals surface area (Å²) in [5.74, 6) is 0.170. The molecule has 1 aliphatic rings. The van der Waals surface area contributed by atoms with Gasteiger partial charge in [0.15, 0.2) is 0 Å². The predicted octanol–water partition coefficient (Wildman–Crippen LogP) is 2.90. The van der Waals surface area contributed by atoms with Crippen LogP contribution in [0, 0.1) is 5.92 Å². The Morgan fingerprint density at radius 2 is 1.76 bits per heavy atom. The van der Waals surface area contributed by atoms with Crippen LogP contribution in [0.4, 0.5) is 11.4 Å². The van der Waals surface area contributed by atoms with Gasteiger partial charge in [-0.2, -0.15) is 0 Å². The first-order valence-corrected chi connectivity index (χ1v) is 8.88. The number of carbonyl (C=O) groups is 1. The van der Waals surface area contributed by atoms with Crippen LogP contribution in [0.5, 0.6) is 0 Å². The molecule has 0 radical (unpaired) electrons. The molecule has 0 unspecified atom stereocenters. The number of rotatable bonds is 5. The van der Waals surface area contributed by atoms with Crippen LogP contribution in [-0.4, -0.2) is 14.3 Å². The number of sulfonamides is 1. The van der Waals surface area contributed by atoms with Crippen molar-refractivity contribution in [1.29, 1.82) is 0 Å². The Balaban J connectivity index is 1.68. The third-order valence-electron chi connectivity index (χ3n) is 3.11. The number of hydrogen-bond acceptors (Lipinski definition) is 4. The zero-order valence-electron chi connectivity index (χ0n) is 11.1. The van der Waals surface area contributed by atoms with Crippen molar-refractivity contribution in [1.82, 2.24) is 0 Å². The molecule has 1 saturated carbocycles. The fourth-order valence-corrected chi connectivity index (χ4v) is 3.88. The largest absolute Gasteiger partial charge is 0.326 e. The molecule has 1 aromatic heterocycles. The van der Waals surface area contributed by atoms with Gasteiger partial charge in [0, 0.05) is 17.3 Å². The zero-order chi connectivity index (χ0) is 14.9. The molecule has 1 fully saturated rings. The average Bonchev–Trinajstić information content (AvgIpc) is 3.15. The summed E-state index contributed by atoms with van der Waals surface area (Å²) in [7, 11) is -3.53. The van der Waals surface area contributed by atoms with E-state index in [0.29, 0.717) is 11.4 Å². The Kier molecular flexibility index (Phi) is 3.69. The van der Waals surface area contributed by atoms with Gasteiger partial charge < -0.3 is 5.32 Å². The summed E-state index contributed by atoms with van der Waals surface area (Å²) in [6, 6.07) is 9.88. The maximum atomic E-state index is 12.1. The number of thiophene rings is 1. The minimum absolute atomic E-state index is 0.0296. The van der Waals surface area contributed by atoms with Gasteiger partial charge in [-0.15, -0.1) is 11.3 Å². The quantitative estimate of drug-likeness (QED) is 0.889. The van der Waals surface area contributed by atoms with E-state index in [1.807, 2.05) is 0 Å². The third kappa shape index (κ3) is 3.43. The highest BCUT2D eigenvalue weighted by Crippen LogP contribution is 2.30. The van der Waals surface area contributed by atoms with Gasteiger partial charge in [0.05, 0.1) is 0 Å². The van der Waals surface area contributed by atoms with Crippen molar-refractivity contribution < 1.29 is 13.2 Å². The molecule has 2 aromatic rings. The highest BCUT2D eigenvalue weighted by Gasteiger charge is 2.29. The van der Waals surface area contributed by atoms with Gasteiger partial charge in [0.1, 0.15) is 4.21 Å². The lowest BCUT2D eigenvalue weighted by Gasteiger charge is -2.08. The molecule has 7 heteroatoms. The van der Waals surface area contributed by atoms with Crippen molar-refractivity contribution >= 4 is 38.6 Å². The Labute approximate surface area is 127 Å². The maximum Gasteiger partial charge on any atom is 0.271 e. The molecule has 2 N–H and O–H groups in total. The SMILES string of the molecule is O=C(Nc1ccc(NS(=O)(=O)c2cccs2)cc1)C1CC1. The van der Waals surface area contributed by atoms with Crippen LogP contribution in [0.1, 0.15) is 12.8 Å². The fourth-order valence-electron chi connectivity index (χ4n) is 1.83. The van der Waals surface area contributed by atoms with Crippen LogP contribution in [-0.2, 0) is 14.8 Å². The van der Waals surface area contributed by atoms with Gasteiger partial charge in [0.2, 0.25) is 5.91 Å². The summed E-state index contributed by atoms with van der Waals surface area (Å²) in [5, 5.41) is 4.52. The molecule has 0 spiro atoms. The second kappa shape index (κ2) is 5.50. The molecule has 0 atom stereocenters. The fraction of sp³-hybridized carbons (Fsp3) is 0.214. The molecule has 5 nitrogen and oxygen atoms in total. The van der Waals surface area contributed by atoms with Crippen molar-refractivity contribution in [3.05, 3.63) is 41.8 Å². The molecule has 3 rings (SSSR count). The minimum Gasteiger partial charge on any atom is -0.326 e. The van der Waals surface area contributed by atoms with Crippen LogP contribution in [0.15, 0.2) is 46.0 Å². The number of benzene rings is 1. The zero-order valence-corrected chi connectivity index (χ0v) is 12.7. The van der Waals surface area contributed by atoms with E-state index in [1.165, 1.54) is 0 Å². The molecule has 110 valence electrons. The summed E-state index contributed by atoms with van der Waals surface area (Å²) in [6.07, 6.45) is 1.90. The molecule has 21 heavy (non-hydrogen) atoms. The van der Waals surface area contributed by atoms with Crippen molar-refractivity contribution in [2.75, 3.05) is 10.0 Å². The highest BCUT2D eigenvalue weighted by molar-refractivity contribution is 7.94. The Morgan fingerprint density at radius 1 is 1.10 bits per heavy atom. The van der Waals surface area contributed by atoms with Gasteiger partial charge in [-0.25, -0.2) is 8.42 Å². The number of amides is 1. The summed E-state index contributed by atoms with van der Waals surface area (Å²) < 4.78 is 26.9. The summed E-state index contributed by atoms with van der Waals surface area (Å²) in [5.41, 5.74) is 1.14. The van der Waals surface area contributed by atoms with Crippen molar-refractivity contribution in [2.24, 2.45) is 5.92 Å². The van der Waals surface area contributed by atoms with Crippen LogP contribution in [0.25, 0.3) is 0 Å². The van der Waals surface area contributed by atoms with E-state index in [4.69, 9.17) is 0 Å². The normalized spacial score (nSPS) is 14.7. The van der Waals surface area contributed by atoms with Gasteiger partial charge in [0.25, 0.3) is 10.0 Å². The molecule has 1 heterocycles. The second-order valence-electron chi connectivity index (χ2n) is 4.88. The Morgan fingerprint density at radius 3 is 2.33 bits per heavy atom. The Bertz CT molecular complexity index is 733. The molecule has 1 aliphatic carbocycles. The molecule has 0 saturated heterocycles. The van der Waals surface area contributed by atoms with E-state index >= 15 is 0 Å². The lowest BCUT2D eigenvalue weighted by atomic mass is 10.2. The van der Waals surface area contributed by atoms with Crippen LogP contribution in [0.2, 0.25) is 0 Å². The second-order valence-corrected chi connectivity index (χ2v) is 7.74. The van der Waals surface area contributed by atoms with Gasteiger partial charge in [-0.1, -0.05) is 6.07 Å². The van der Waals surface area contributed by atoms with Gasteiger partial charge >= 0.3 is 0 Å². The van der Waals surface area contributed by atoms with Crippen LogP contribution < -0.4 is 10.0 Å².